The van der Waals surface area contributed by atoms with Crippen LogP contribution in [0.5, 0.6) is 5.75 Å². The highest BCUT2D eigenvalue weighted by atomic mass is 35.5. The topological polar surface area (TPSA) is 41.6 Å². The highest BCUT2D eigenvalue weighted by molar-refractivity contribution is 6.30. The molecule has 5 heteroatoms. The number of ether oxygens (including phenoxy) is 1. The molecule has 1 amide bonds. The third-order valence-corrected chi connectivity index (χ3v) is 4.78. The van der Waals surface area contributed by atoms with E-state index in [-0.39, 0.29) is 5.91 Å². The second kappa shape index (κ2) is 9.06. The zero-order chi connectivity index (χ0) is 18.4. The van der Waals surface area contributed by atoms with E-state index in [1.807, 2.05) is 6.07 Å². The third kappa shape index (κ3) is 5.48. The summed E-state index contributed by atoms with van der Waals surface area (Å²) in [7, 11) is 0. The van der Waals surface area contributed by atoms with Gasteiger partial charge in [-0.3, -0.25) is 9.69 Å². The van der Waals surface area contributed by atoms with Gasteiger partial charge in [0.1, 0.15) is 5.75 Å². The van der Waals surface area contributed by atoms with E-state index in [4.69, 9.17) is 16.3 Å². The van der Waals surface area contributed by atoms with Crippen molar-refractivity contribution >= 4 is 17.5 Å². The Morgan fingerprint density at radius 3 is 2.65 bits per heavy atom. The first-order valence-corrected chi connectivity index (χ1v) is 9.48. The van der Waals surface area contributed by atoms with E-state index in [1.165, 1.54) is 31.5 Å². The lowest BCUT2D eigenvalue weighted by molar-refractivity contribution is -0.127. The van der Waals surface area contributed by atoms with Gasteiger partial charge in [0.2, 0.25) is 0 Å². The molecule has 0 unspecified atom stereocenters. The van der Waals surface area contributed by atoms with Crippen molar-refractivity contribution in [1.29, 1.82) is 0 Å². The largest absolute Gasteiger partial charge is 0.481 e. The average molecular weight is 373 g/mol. The smallest absolute Gasteiger partial charge is 0.261 e. The summed E-state index contributed by atoms with van der Waals surface area (Å²) >= 11 is 5.94. The van der Waals surface area contributed by atoms with E-state index in [2.05, 4.69) is 28.4 Å². The first-order valence-electron chi connectivity index (χ1n) is 9.10. The van der Waals surface area contributed by atoms with Crippen LogP contribution in [0.4, 0.5) is 0 Å². The van der Waals surface area contributed by atoms with Gasteiger partial charge < -0.3 is 10.1 Å². The molecule has 0 saturated carbocycles. The van der Waals surface area contributed by atoms with E-state index in [9.17, 15) is 4.79 Å². The zero-order valence-corrected chi connectivity index (χ0v) is 15.8. The number of amides is 1. The van der Waals surface area contributed by atoms with Gasteiger partial charge in [-0.05, 0) is 62.2 Å². The average Bonchev–Trinajstić information content (AvgIpc) is 3.13. The van der Waals surface area contributed by atoms with Crippen molar-refractivity contribution in [3.63, 3.8) is 0 Å². The summed E-state index contributed by atoms with van der Waals surface area (Å²) in [6.45, 7) is 5.57. The molecule has 4 nitrogen and oxygen atoms in total. The summed E-state index contributed by atoms with van der Waals surface area (Å²) < 4.78 is 5.65. The maximum Gasteiger partial charge on any atom is 0.261 e. The molecule has 0 aliphatic carbocycles. The van der Waals surface area contributed by atoms with Crippen LogP contribution in [0.25, 0.3) is 0 Å². The summed E-state index contributed by atoms with van der Waals surface area (Å²) in [5.74, 6) is 0.447. The molecular weight excluding hydrogens is 348 g/mol. The molecule has 1 N–H and O–H groups in total. The Kier molecular flexibility index (Phi) is 6.53. The van der Waals surface area contributed by atoms with Gasteiger partial charge in [-0.25, -0.2) is 0 Å². The quantitative estimate of drug-likeness (QED) is 0.798. The molecule has 1 aliphatic rings. The Bertz CT molecular complexity index is 744. The van der Waals surface area contributed by atoms with Gasteiger partial charge in [-0.1, -0.05) is 41.9 Å². The molecule has 26 heavy (non-hydrogen) atoms. The summed E-state index contributed by atoms with van der Waals surface area (Å²) in [4.78, 5) is 14.8. The van der Waals surface area contributed by atoms with Crippen LogP contribution in [-0.4, -0.2) is 30.0 Å². The van der Waals surface area contributed by atoms with E-state index in [0.29, 0.717) is 17.3 Å². The highest BCUT2D eigenvalue weighted by Gasteiger charge is 2.15. The molecule has 0 bridgehead atoms. The zero-order valence-electron chi connectivity index (χ0n) is 15.1. The van der Waals surface area contributed by atoms with Crippen LogP contribution in [-0.2, 0) is 17.9 Å². The molecule has 0 radical (unpaired) electrons. The normalized spacial score (nSPS) is 15.6. The Labute approximate surface area is 160 Å². The van der Waals surface area contributed by atoms with Crippen LogP contribution in [0.1, 0.15) is 30.9 Å². The number of rotatable bonds is 7. The SMILES string of the molecule is C[C@H](Oc1cccc(Cl)c1)C(=O)NCc1cccc(CN2CCCC2)c1. The van der Waals surface area contributed by atoms with Crippen molar-refractivity contribution in [2.24, 2.45) is 0 Å². The number of likely N-dealkylation sites (tertiary alicyclic amines) is 1. The molecule has 0 spiro atoms. The van der Waals surface area contributed by atoms with Gasteiger partial charge in [0.25, 0.3) is 5.91 Å². The van der Waals surface area contributed by atoms with Crippen LogP contribution in [0, 0.1) is 0 Å². The number of carbonyl (C=O) groups is 1. The van der Waals surface area contributed by atoms with Gasteiger partial charge in [0, 0.05) is 18.1 Å². The van der Waals surface area contributed by atoms with Crippen LogP contribution in [0.2, 0.25) is 5.02 Å². The van der Waals surface area contributed by atoms with Crippen LogP contribution in [0.3, 0.4) is 0 Å². The number of nitrogens with zero attached hydrogens (tertiary/aromatic N) is 1. The third-order valence-electron chi connectivity index (χ3n) is 4.54. The van der Waals surface area contributed by atoms with E-state index in [0.717, 1.165) is 12.1 Å². The molecule has 0 aromatic heterocycles. The summed E-state index contributed by atoms with van der Waals surface area (Å²) in [6, 6.07) is 15.5. The van der Waals surface area contributed by atoms with Gasteiger partial charge in [-0.2, -0.15) is 0 Å². The second-order valence-corrected chi connectivity index (χ2v) is 7.17. The molecule has 1 atom stereocenters. The van der Waals surface area contributed by atoms with Crippen molar-refractivity contribution in [3.05, 3.63) is 64.7 Å². The standard InChI is InChI=1S/C21H25ClN2O2/c1-16(26-20-9-5-8-19(22)13-20)21(25)23-14-17-6-4-7-18(12-17)15-24-10-2-3-11-24/h4-9,12-13,16H,2-3,10-11,14-15H2,1H3,(H,23,25)/t16-/m0/s1. The molecule has 1 fully saturated rings. The lowest BCUT2D eigenvalue weighted by Crippen LogP contribution is -2.35. The van der Waals surface area contributed by atoms with Crippen molar-refractivity contribution < 1.29 is 9.53 Å². The second-order valence-electron chi connectivity index (χ2n) is 6.74. The monoisotopic (exact) mass is 372 g/mol. The molecule has 2 aromatic rings. The molecule has 1 saturated heterocycles. The summed E-state index contributed by atoms with van der Waals surface area (Å²) in [5.41, 5.74) is 2.40. The summed E-state index contributed by atoms with van der Waals surface area (Å²) in [5, 5.41) is 3.53. The van der Waals surface area contributed by atoms with E-state index in [1.54, 1.807) is 31.2 Å². The predicted octanol–water partition coefficient (Wildman–Crippen LogP) is 4.02. The molecule has 2 aromatic carbocycles. The first kappa shape index (κ1) is 18.7. The fourth-order valence-corrected chi connectivity index (χ4v) is 3.35. The lowest BCUT2D eigenvalue weighted by atomic mass is 10.1. The van der Waals surface area contributed by atoms with Gasteiger partial charge in [0.15, 0.2) is 6.10 Å². The maximum atomic E-state index is 12.3. The number of hydrogen-bond donors (Lipinski definition) is 1. The minimum atomic E-state index is -0.582. The number of benzene rings is 2. The molecule has 1 heterocycles. The van der Waals surface area contributed by atoms with Crippen LogP contribution >= 0.6 is 11.6 Å². The minimum Gasteiger partial charge on any atom is -0.481 e. The Balaban J connectivity index is 1.50. The molecular formula is C21H25ClN2O2. The number of carbonyl (C=O) groups excluding carboxylic acids is 1. The number of nitrogens with one attached hydrogen (secondary N) is 1. The molecule has 1 aliphatic heterocycles. The molecule has 138 valence electrons. The Morgan fingerprint density at radius 1 is 1.15 bits per heavy atom. The first-order chi connectivity index (χ1) is 12.6. The Hall–Kier alpha value is -2.04. The number of halogens is 1. The van der Waals surface area contributed by atoms with Crippen LogP contribution < -0.4 is 10.1 Å². The fraction of sp³-hybridized carbons (Fsp3) is 0.381. The van der Waals surface area contributed by atoms with Gasteiger partial charge in [-0.15, -0.1) is 0 Å². The van der Waals surface area contributed by atoms with Crippen LogP contribution in [0.15, 0.2) is 48.5 Å². The van der Waals surface area contributed by atoms with Gasteiger partial charge in [0.05, 0.1) is 0 Å². The lowest BCUT2D eigenvalue weighted by Gasteiger charge is -2.16. The maximum absolute atomic E-state index is 12.3. The van der Waals surface area contributed by atoms with Crippen molar-refractivity contribution in [1.82, 2.24) is 10.2 Å². The highest BCUT2D eigenvalue weighted by Crippen LogP contribution is 2.18. The number of hydrogen-bond acceptors (Lipinski definition) is 3. The van der Waals surface area contributed by atoms with Crippen molar-refractivity contribution in [2.45, 2.75) is 39.0 Å². The fourth-order valence-electron chi connectivity index (χ4n) is 3.17. The van der Waals surface area contributed by atoms with Crippen molar-refractivity contribution in [3.8, 4) is 5.75 Å². The predicted molar refractivity (Wildman–Crippen MR) is 104 cm³/mol. The van der Waals surface area contributed by atoms with Gasteiger partial charge >= 0.3 is 0 Å². The summed E-state index contributed by atoms with van der Waals surface area (Å²) in [6.07, 6.45) is 2.00. The van der Waals surface area contributed by atoms with E-state index < -0.39 is 6.10 Å². The molecule has 3 rings (SSSR count). The minimum absolute atomic E-state index is 0.144. The van der Waals surface area contributed by atoms with Crippen molar-refractivity contribution in [2.75, 3.05) is 13.1 Å². The Morgan fingerprint density at radius 2 is 1.88 bits per heavy atom. The van der Waals surface area contributed by atoms with E-state index >= 15 is 0 Å².